The molecule has 2 saturated heterocycles. The van der Waals surface area contributed by atoms with Crippen molar-refractivity contribution in [1.82, 2.24) is 5.32 Å². The molecule has 4 atom stereocenters. The molecule has 176 valence electrons. The lowest BCUT2D eigenvalue weighted by Gasteiger charge is -2.29. The number of non-ortho nitro benzene ring substituents is 1. The van der Waals surface area contributed by atoms with E-state index in [2.05, 4.69) is 10.1 Å². The van der Waals surface area contributed by atoms with E-state index < -0.39 is 58.7 Å². The number of nitro benzene ring substituents is 1. The molecular weight excluding hydrogens is 450 g/mol. The number of ether oxygens (including phenoxy) is 1. The number of fused-ring (bicyclic) bond motifs is 1. The lowest BCUT2D eigenvalue weighted by Crippen LogP contribution is -2.58. The average Bonchev–Trinajstić information content (AvgIpc) is 3.32. The zero-order valence-corrected chi connectivity index (χ0v) is 17.7. The number of rotatable bonds is 6. The second-order valence-corrected chi connectivity index (χ2v) is 7.96. The first-order valence-electron chi connectivity index (χ1n) is 10.1. The minimum atomic E-state index is -2.17. The molecule has 2 heterocycles. The number of aliphatic hydroxyl groups excluding tert-OH is 1. The van der Waals surface area contributed by atoms with Crippen LogP contribution in [-0.4, -0.2) is 58.1 Å². The van der Waals surface area contributed by atoms with Gasteiger partial charge in [-0.25, -0.2) is 9.69 Å². The molecular formula is C22H19N3O9. The van der Waals surface area contributed by atoms with Crippen LogP contribution in [0.25, 0.3) is 0 Å². The highest BCUT2D eigenvalue weighted by atomic mass is 16.6. The SMILES string of the molecule is COC(=O)c1ccc(C2NC(CO)(C(=O)O)C3C(=O)N(c4cccc([N+](=O)[O-])c4)C(=O)C23)cc1. The Morgan fingerprint density at radius 2 is 1.85 bits per heavy atom. The van der Waals surface area contributed by atoms with E-state index in [0.29, 0.717) is 5.56 Å². The Hall–Kier alpha value is -4.16. The maximum absolute atomic E-state index is 13.5. The fraction of sp³-hybridized carbons (Fsp3) is 0.273. The number of anilines is 1. The number of benzene rings is 2. The van der Waals surface area contributed by atoms with Crippen LogP contribution in [0, 0.1) is 22.0 Å². The molecule has 2 fully saturated rings. The number of hydrogen-bond acceptors (Lipinski definition) is 9. The van der Waals surface area contributed by atoms with Gasteiger partial charge in [-0.05, 0) is 23.8 Å². The number of carboxylic acid groups (broad SMARTS) is 1. The van der Waals surface area contributed by atoms with E-state index in [9.17, 15) is 39.5 Å². The molecule has 34 heavy (non-hydrogen) atoms. The van der Waals surface area contributed by atoms with Crippen molar-refractivity contribution in [2.45, 2.75) is 11.6 Å². The fourth-order valence-corrected chi connectivity index (χ4v) is 4.64. The number of aliphatic carboxylic acids is 1. The minimum Gasteiger partial charge on any atom is -0.480 e. The number of carbonyl (C=O) groups excluding carboxylic acids is 3. The van der Waals surface area contributed by atoms with Gasteiger partial charge in [0.15, 0.2) is 5.54 Å². The number of carbonyl (C=O) groups is 4. The number of nitrogens with one attached hydrogen (secondary N) is 1. The lowest BCUT2D eigenvalue weighted by molar-refractivity contribution is -0.384. The Morgan fingerprint density at radius 1 is 1.18 bits per heavy atom. The molecule has 0 aromatic heterocycles. The molecule has 2 aliphatic rings. The summed E-state index contributed by atoms with van der Waals surface area (Å²) in [7, 11) is 1.22. The quantitative estimate of drug-likeness (QED) is 0.236. The van der Waals surface area contributed by atoms with Gasteiger partial charge in [-0.15, -0.1) is 0 Å². The lowest BCUT2D eigenvalue weighted by atomic mass is 9.79. The van der Waals surface area contributed by atoms with Gasteiger partial charge in [-0.1, -0.05) is 18.2 Å². The van der Waals surface area contributed by atoms with Crippen molar-refractivity contribution in [2.24, 2.45) is 11.8 Å². The van der Waals surface area contributed by atoms with Gasteiger partial charge in [0.2, 0.25) is 11.8 Å². The predicted molar refractivity (Wildman–Crippen MR) is 114 cm³/mol. The fourth-order valence-electron chi connectivity index (χ4n) is 4.64. The molecule has 0 bridgehead atoms. The number of aliphatic hydroxyl groups is 1. The van der Waals surface area contributed by atoms with Crippen LogP contribution >= 0.6 is 0 Å². The number of carboxylic acids is 1. The molecule has 4 rings (SSSR count). The van der Waals surface area contributed by atoms with Crippen LogP contribution < -0.4 is 10.2 Å². The monoisotopic (exact) mass is 469 g/mol. The first-order valence-corrected chi connectivity index (χ1v) is 10.1. The summed E-state index contributed by atoms with van der Waals surface area (Å²) in [6, 6.07) is 9.71. The van der Waals surface area contributed by atoms with Gasteiger partial charge in [0.05, 0.1) is 41.7 Å². The normalized spacial score (nSPS) is 25.8. The molecule has 2 amide bonds. The van der Waals surface area contributed by atoms with Crippen molar-refractivity contribution in [1.29, 1.82) is 0 Å². The van der Waals surface area contributed by atoms with E-state index in [1.165, 1.54) is 49.6 Å². The van der Waals surface area contributed by atoms with Gasteiger partial charge < -0.3 is 14.9 Å². The highest BCUT2D eigenvalue weighted by Crippen LogP contribution is 2.49. The summed E-state index contributed by atoms with van der Waals surface area (Å²) < 4.78 is 4.65. The average molecular weight is 469 g/mol. The predicted octanol–water partition coefficient (Wildman–Crippen LogP) is 0.647. The summed E-state index contributed by atoms with van der Waals surface area (Å²) in [5, 5.41) is 33.9. The second-order valence-electron chi connectivity index (χ2n) is 7.96. The maximum Gasteiger partial charge on any atom is 0.337 e. The zero-order chi connectivity index (χ0) is 24.8. The van der Waals surface area contributed by atoms with Crippen molar-refractivity contribution >= 4 is 35.1 Å². The van der Waals surface area contributed by atoms with E-state index in [1.807, 2.05) is 0 Å². The molecule has 0 aliphatic carbocycles. The van der Waals surface area contributed by atoms with Gasteiger partial charge in [0.25, 0.3) is 5.69 Å². The maximum atomic E-state index is 13.5. The Balaban J connectivity index is 1.80. The van der Waals surface area contributed by atoms with Gasteiger partial charge >= 0.3 is 11.9 Å². The Kier molecular flexibility index (Phi) is 5.63. The van der Waals surface area contributed by atoms with Gasteiger partial charge in [0.1, 0.15) is 0 Å². The van der Waals surface area contributed by atoms with E-state index in [1.54, 1.807) is 0 Å². The van der Waals surface area contributed by atoms with Crippen LogP contribution in [0.2, 0.25) is 0 Å². The van der Waals surface area contributed by atoms with E-state index >= 15 is 0 Å². The number of hydrogen-bond donors (Lipinski definition) is 3. The third-order valence-corrected chi connectivity index (χ3v) is 6.27. The van der Waals surface area contributed by atoms with Crippen LogP contribution in [0.5, 0.6) is 0 Å². The summed E-state index contributed by atoms with van der Waals surface area (Å²) in [6.45, 7) is -0.984. The zero-order valence-electron chi connectivity index (χ0n) is 17.7. The first kappa shape index (κ1) is 23.0. The van der Waals surface area contributed by atoms with Crippen LogP contribution in [0.4, 0.5) is 11.4 Å². The summed E-state index contributed by atoms with van der Waals surface area (Å²) in [6.07, 6.45) is 0. The first-order chi connectivity index (χ1) is 16.2. The molecule has 0 radical (unpaired) electrons. The molecule has 2 aliphatic heterocycles. The van der Waals surface area contributed by atoms with E-state index in [0.717, 1.165) is 11.0 Å². The number of nitrogens with zero attached hydrogens (tertiary/aromatic N) is 2. The molecule has 2 aromatic rings. The molecule has 3 N–H and O–H groups in total. The van der Waals surface area contributed by atoms with Gasteiger partial charge in [-0.3, -0.25) is 29.8 Å². The molecule has 2 aromatic carbocycles. The minimum absolute atomic E-state index is 0.0735. The topological polar surface area (TPSA) is 176 Å². The summed E-state index contributed by atoms with van der Waals surface area (Å²) in [5.41, 5.74) is -1.97. The molecule has 0 saturated carbocycles. The Labute approximate surface area is 191 Å². The number of imide groups is 1. The van der Waals surface area contributed by atoms with E-state index in [4.69, 9.17) is 0 Å². The molecule has 12 heteroatoms. The third-order valence-electron chi connectivity index (χ3n) is 6.27. The van der Waals surface area contributed by atoms with Crippen molar-refractivity contribution in [3.8, 4) is 0 Å². The molecule has 12 nitrogen and oxygen atoms in total. The van der Waals surface area contributed by atoms with Crippen molar-refractivity contribution < 1.29 is 39.1 Å². The van der Waals surface area contributed by atoms with Crippen molar-refractivity contribution in [3.05, 3.63) is 69.8 Å². The summed E-state index contributed by atoms with van der Waals surface area (Å²) >= 11 is 0. The molecule has 0 spiro atoms. The highest BCUT2D eigenvalue weighted by molar-refractivity contribution is 6.24. The van der Waals surface area contributed by atoms with Crippen LogP contribution in [0.3, 0.4) is 0 Å². The van der Waals surface area contributed by atoms with Crippen LogP contribution in [-0.2, 0) is 19.1 Å². The Bertz CT molecular complexity index is 1210. The van der Waals surface area contributed by atoms with Gasteiger partial charge in [0, 0.05) is 18.2 Å². The van der Waals surface area contributed by atoms with Crippen LogP contribution in [0.1, 0.15) is 22.0 Å². The smallest absolute Gasteiger partial charge is 0.337 e. The van der Waals surface area contributed by atoms with Crippen molar-refractivity contribution in [3.63, 3.8) is 0 Å². The second kappa shape index (κ2) is 8.32. The van der Waals surface area contributed by atoms with Crippen molar-refractivity contribution in [2.75, 3.05) is 18.6 Å². The number of methoxy groups -OCH3 is 1. The standard InChI is InChI=1S/C22H19N3O9/c1-34-20(29)12-7-5-11(6-8-12)17-15-16(22(10-26,23-17)21(30)31)19(28)24(18(15)27)13-3-2-4-14(9-13)25(32)33/h2-9,15-17,23,26H,10H2,1H3,(H,30,31). The summed E-state index contributed by atoms with van der Waals surface area (Å²) in [5.74, 6) is -6.48. The van der Waals surface area contributed by atoms with Crippen LogP contribution in [0.15, 0.2) is 48.5 Å². The van der Waals surface area contributed by atoms with Gasteiger partial charge in [-0.2, -0.15) is 0 Å². The largest absolute Gasteiger partial charge is 0.480 e. The summed E-state index contributed by atoms with van der Waals surface area (Å²) in [4.78, 5) is 62.0. The number of esters is 1. The number of nitro groups is 1. The molecule has 4 unspecified atom stereocenters. The highest BCUT2D eigenvalue weighted by Gasteiger charge is 2.68. The Morgan fingerprint density at radius 3 is 2.41 bits per heavy atom. The number of amides is 2. The van der Waals surface area contributed by atoms with E-state index in [-0.39, 0.29) is 16.9 Å². The third kappa shape index (κ3) is 3.31.